The minimum Gasteiger partial charge on any atom is -0.247 e. The molecule has 0 aliphatic rings. The van der Waals surface area contributed by atoms with Gasteiger partial charge in [0, 0.05) is 6.92 Å². The van der Waals surface area contributed by atoms with Gasteiger partial charge >= 0.3 is 0 Å². The number of aromatic nitrogens is 2. The number of aryl methyl sites for hydroxylation is 1. The van der Waals surface area contributed by atoms with E-state index in [4.69, 9.17) is 0 Å². The summed E-state index contributed by atoms with van der Waals surface area (Å²) in [6.07, 6.45) is 14.9. The predicted octanol–water partition coefficient (Wildman–Crippen LogP) is 3.05. The monoisotopic (exact) mass is 193 g/mol. The molecule has 0 atom stereocenters. The molecule has 1 aromatic rings. The summed E-state index contributed by atoms with van der Waals surface area (Å²) in [6, 6.07) is 0. The molecule has 0 aromatic carbocycles. The second-order valence-electron chi connectivity index (χ2n) is 3.69. The average Bonchev–Trinajstić information content (AvgIpc) is 2.58. The number of nitrogens with zero attached hydrogens (tertiary/aromatic N) is 1. The van der Waals surface area contributed by atoms with Crippen LogP contribution in [0.2, 0.25) is 0 Å². The lowest BCUT2D eigenvalue weighted by Gasteiger charge is -1.93. The van der Waals surface area contributed by atoms with Gasteiger partial charge < -0.3 is 0 Å². The maximum Gasteiger partial charge on any atom is 0.255 e. The van der Waals surface area contributed by atoms with Gasteiger partial charge in [0.15, 0.2) is 0 Å². The van der Waals surface area contributed by atoms with Crippen LogP contribution < -0.4 is 4.57 Å². The summed E-state index contributed by atoms with van der Waals surface area (Å²) in [5, 5.41) is 0. The molecule has 78 valence electrons. The molecule has 0 spiro atoms. The van der Waals surface area contributed by atoms with Crippen molar-refractivity contribution in [3.8, 4) is 0 Å². The van der Waals surface area contributed by atoms with Gasteiger partial charge in [-0.3, -0.25) is 0 Å². The molecular formula is C12H21N2+. The molecule has 1 aromatic heterocycles. The Labute approximate surface area is 86.7 Å². The Bertz CT molecular complexity index is 274. The van der Waals surface area contributed by atoms with Crippen molar-refractivity contribution < 1.29 is 4.57 Å². The first-order valence-corrected chi connectivity index (χ1v) is 5.56. The Morgan fingerprint density at radius 1 is 1.36 bits per heavy atom. The summed E-state index contributed by atoms with van der Waals surface area (Å²) in [4.78, 5) is 3.14. The Morgan fingerprint density at radius 2 is 2.21 bits per heavy atom. The van der Waals surface area contributed by atoms with E-state index in [0.717, 1.165) is 0 Å². The molecule has 1 heterocycles. The predicted molar refractivity (Wildman–Crippen MR) is 59.8 cm³/mol. The van der Waals surface area contributed by atoms with Gasteiger partial charge in [-0.1, -0.05) is 26.2 Å². The van der Waals surface area contributed by atoms with Crippen LogP contribution in [0, 0.1) is 6.92 Å². The first-order valence-electron chi connectivity index (χ1n) is 5.56. The van der Waals surface area contributed by atoms with E-state index in [1.54, 1.807) is 0 Å². The number of aromatic amines is 1. The van der Waals surface area contributed by atoms with Crippen LogP contribution in [-0.2, 0) is 0 Å². The molecule has 0 aliphatic carbocycles. The highest BCUT2D eigenvalue weighted by Gasteiger charge is 1.98. The molecule has 0 aliphatic heterocycles. The molecule has 14 heavy (non-hydrogen) atoms. The molecule has 0 radical (unpaired) electrons. The van der Waals surface area contributed by atoms with Crippen LogP contribution in [0.3, 0.4) is 0 Å². The van der Waals surface area contributed by atoms with E-state index in [9.17, 15) is 0 Å². The van der Waals surface area contributed by atoms with Crippen molar-refractivity contribution in [1.29, 1.82) is 0 Å². The van der Waals surface area contributed by atoms with Gasteiger partial charge in [-0.25, -0.2) is 9.55 Å². The van der Waals surface area contributed by atoms with E-state index < -0.39 is 0 Å². The van der Waals surface area contributed by atoms with Crippen LogP contribution in [-0.4, -0.2) is 4.98 Å². The Balaban J connectivity index is 2.18. The van der Waals surface area contributed by atoms with Gasteiger partial charge in [0.05, 0.1) is 6.20 Å². The zero-order chi connectivity index (χ0) is 10.2. The van der Waals surface area contributed by atoms with E-state index >= 15 is 0 Å². The van der Waals surface area contributed by atoms with Crippen LogP contribution in [0.1, 0.15) is 44.9 Å². The molecule has 2 nitrogen and oxygen atoms in total. The lowest BCUT2D eigenvalue weighted by atomic mass is 10.1. The highest BCUT2D eigenvalue weighted by atomic mass is 15.0. The van der Waals surface area contributed by atoms with E-state index in [0.29, 0.717) is 0 Å². The zero-order valence-electron chi connectivity index (χ0n) is 9.29. The fraction of sp³-hybridized carbons (Fsp3) is 0.583. The molecule has 0 saturated carbocycles. The second-order valence-corrected chi connectivity index (χ2v) is 3.69. The first kappa shape index (κ1) is 11.0. The molecule has 1 rings (SSSR count). The fourth-order valence-corrected chi connectivity index (χ4v) is 1.46. The number of hydrogen-bond donors (Lipinski definition) is 1. The van der Waals surface area contributed by atoms with Crippen molar-refractivity contribution in [1.82, 2.24) is 4.98 Å². The standard InChI is InChI=1S/C12H20N2/c1-3-4-5-6-7-8-10-14-11-9-13-12(14)2/h8-11H,3-7H2,1-2H3/p+1. The summed E-state index contributed by atoms with van der Waals surface area (Å²) in [7, 11) is 0. The first-order chi connectivity index (χ1) is 6.84. The van der Waals surface area contributed by atoms with Gasteiger partial charge in [0.2, 0.25) is 0 Å². The number of rotatable bonds is 6. The Hall–Kier alpha value is -1.05. The van der Waals surface area contributed by atoms with Crippen molar-refractivity contribution in [2.45, 2.75) is 46.0 Å². The van der Waals surface area contributed by atoms with Crippen LogP contribution in [0.15, 0.2) is 18.5 Å². The van der Waals surface area contributed by atoms with Gasteiger partial charge in [-0.15, -0.1) is 0 Å². The fourth-order valence-electron chi connectivity index (χ4n) is 1.46. The van der Waals surface area contributed by atoms with E-state index in [2.05, 4.69) is 35.7 Å². The van der Waals surface area contributed by atoms with Crippen LogP contribution in [0.4, 0.5) is 0 Å². The van der Waals surface area contributed by atoms with E-state index in [1.165, 1.54) is 37.9 Å². The topological polar surface area (TPSA) is 19.7 Å². The third kappa shape index (κ3) is 3.77. The molecule has 1 N–H and O–H groups in total. The Morgan fingerprint density at radius 3 is 2.86 bits per heavy atom. The minimum absolute atomic E-state index is 1.18. The average molecular weight is 193 g/mol. The summed E-state index contributed by atoms with van der Waals surface area (Å²) < 4.78 is 2.11. The summed E-state index contributed by atoms with van der Waals surface area (Å²) in [5.74, 6) is 1.18. The largest absolute Gasteiger partial charge is 0.255 e. The summed E-state index contributed by atoms with van der Waals surface area (Å²) in [5.41, 5.74) is 0. The van der Waals surface area contributed by atoms with Gasteiger partial charge in [-0.2, -0.15) is 0 Å². The highest BCUT2D eigenvalue weighted by Crippen LogP contribution is 2.02. The number of unbranched alkanes of at least 4 members (excludes halogenated alkanes) is 4. The SMILES string of the molecule is CCCCCCC=C[n+]1cc[nH]c1C. The lowest BCUT2D eigenvalue weighted by Crippen LogP contribution is -2.26. The summed E-state index contributed by atoms with van der Waals surface area (Å²) in [6.45, 7) is 4.32. The quantitative estimate of drug-likeness (QED) is 0.529. The molecule has 0 bridgehead atoms. The van der Waals surface area contributed by atoms with Crippen molar-refractivity contribution >= 4 is 6.20 Å². The minimum atomic E-state index is 1.18. The number of allylic oxidation sites excluding steroid dienone is 1. The van der Waals surface area contributed by atoms with Crippen LogP contribution in [0.25, 0.3) is 6.20 Å². The normalized spacial score (nSPS) is 11.3. The van der Waals surface area contributed by atoms with Gasteiger partial charge in [-0.05, 0) is 18.9 Å². The third-order valence-electron chi connectivity index (χ3n) is 2.41. The molecule has 0 amide bonds. The smallest absolute Gasteiger partial charge is 0.247 e. The van der Waals surface area contributed by atoms with E-state index in [1.807, 2.05) is 12.4 Å². The van der Waals surface area contributed by atoms with Crippen LogP contribution in [0.5, 0.6) is 0 Å². The number of hydrogen-bond acceptors (Lipinski definition) is 0. The number of H-pyrrole nitrogens is 1. The molecule has 0 saturated heterocycles. The van der Waals surface area contributed by atoms with Gasteiger partial charge in [0.1, 0.15) is 12.4 Å². The highest BCUT2D eigenvalue weighted by molar-refractivity contribution is 5.06. The maximum atomic E-state index is 3.14. The van der Waals surface area contributed by atoms with Crippen molar-refractivity contribution in [2.75, 3.05) is 0 Å². The Kier molecular flexibility index (Phi) is 5.05. The van der Waals surface area contributed by atoms with Crippen LogP contribution >= 0.6 is 0 Å². The number of imidazole rings is 1. The zero-order valence-corrected chi connectivity index (χ0v) is 9.29. The summed E-state index contributed by atoms with van der Waals surface area (Å²) >= 11 is 0. The molecule has 2 heteroatoms. The number of nitrogens with one attached hydrogen (secondary N) is 1. The molecular weight excluding hydrogens is 172 g/mol. The molecule has 0 unspecified atom stereocenters. The van der Waals surface area contributed by atoms with Crippen molar-refractivity contribution in [2.24, 2.45) is 0 Å². The van der Waals surface area contributed by atoms with Crippen molar-refractivity contribution in [3.05, 3.63) is 24.3 Å². The van der Waals surface area contributed by atoms with Crippen molar-refractivity contribution in [3.63, 3.8) is 0 Å². The van der Waals surface area contributed by atoms with Gasteiger partial charge in [0.25, 0.3) is 5.82 Å². The lowest BCUT2D eigenvalue weighted by molar-refractivity contribution is -0.574. The second kappa shape index (κ2) is 6.41. The third-order valence-corrected chi connectivity index (χ3v) is 2.41. The molecule has 0 fully saturated rings. The maximum absolute atomic E-state index is 3.14. The van der Waals surface area contributed by atoms with E-state index in [-0.39, 0.29) is 0 Å².